The molecule has 1 aromatic carbocycles. The van der Waals surface area contributed by atoms with Gasteiger partial charge in [0.1, 0.15) is 0 Å². The van der Waals surface area contributed by atoms with Crippen LogP contribution in [-0.2, 0) is 6.42 Å². The topological polar surface area (TPSA) is 57.5 Å². The first kappa shape index (κ1) is 11.6. The predicted molar refractivity (Wildman–Crippen MR) is 48.7 cm³/mol. The number of hydrogen-bond acceptors (Lipinski definition) is 2. The summed E-state index contributed by atoms with van der Waals surface area (Å²) in [7, 11) is 0. The van der Waals surface area contributed by atoms with Gasteiger partial charge in [-0.25, -0.2) is 13.6 Å². The maximum atomic E-state index is 13.0. The van der Waals surface area contributed by atoms with Crippen LogP contribution in [0, 0.1) is 11.6 Å². The molecular weight excluding hydrogens is 206 g/mol. The second-order valence-electron chi connectivity index (χ2n) is 3.30. The molecule has 0 aliphatic heterocycles. The van der Waals surface area contributed by atoms with Crippen molar-refractivity contribution in [2.24, 2.45) is 0 Å². The summed E-state index contributed by atoms with van der Waals surface area (Å²) in [6.07, 6.45) is -0.659. The minimum atomic E-state index is -1.53. The highest BCUT2D eigenvalue weighted by molar-refractivity contribution is 5.88. The summed E-state index contributed by atoms with van der Waals surface area (Å²) in [5.41, 5.74) is -0.466. The molecule has 1 unspecified atom stereocenters. The van der Waals surface area contributed by atoms with Crippen LogP contribution in [0.3, 0.4) is 0 Å². The lowest BCUT2D eigenvalue weighted by Crippen LogP contribution is -2.09. The van der Waals surface area contributed by atoms with Crippen molar-refractivity contribution in [3.05, 3.63) is 34.9 Å². The van der Waals surface area contributed by atoms with Gasteiger partial charge in [-0.2, -0.15) is 0 Å². The quantitative estimate of drug-likeness (QED) is 0.806. The number of rotatable bonds is 3. The van der Waals surface area contributed by atoms with Gasteiger partial charge < -0.3 is 10.2 Å². The zero-order chi connectivity index (χ0) is 11.6. The van der Waals surface area contributed by atoms with E-state index in [1.807, 2.05) is 0 Å². The third-order valence-electron chi connectivity index (χ3n) is 1.85. The molecule has 1 aromatic rings. The molecule has 3 nitrogen and oxygen atoms in total. The molecule has 0 radical (unpaired) electrons. The minimum absolute atomic E-state index is 0.0808. The van der Waals surface area contributed by atoms with Crippen molar-refractivity contribution in [2.75, 3.05) is 0 Å². The second-order valence-corrected chi connectivity index (χ2v) is 3.30. The third kappa shape index (κ3) is 2.73. The largest absolute Gasteiger partial charge is 0.478 e. The Balaban J connectivity index is 3.17. The number of halogens is 2. The maximum Gasteiger partial charge on any atom is 0.338 e. The summed E-state index contributed by atoms with van der Waals surface area (Å²) in [5, 5.41) is 17.6. The number of aromatic carboxylic acids is 1. The zero-order valence-electron chi connectivity index (χ0n) is 8.00. The maximum absolute atomic E-state index is 13.0. The summed E-state index contributed by atoms with van der Waals surface area (Å²) >= 11 is 0. The van der Waals surface area contributed by atoms with E-state index in [2.05, 4.69) is 0 Å². The number of hydrogen-bond donors (Lipinski definition) is 2. The number of aliphatic hydroxyl groups is 1. The summed E-state index contributed by atoms with van der Waals surface area (Å²) in [5.74, 6) is -4.12. The van der Waals surface area contributed by atoms with Gasteiger partial charge in [-0.05, 0) is 31.0 Å². The lowest BCUT2D eigenvalue weighted by Gasteiger charge is -2.06. The molecule has 0 fully saturated rings. The van der Waals surface area contributed by atoms with Gasteiger partial charge in [0, 0.05) is 0 Å². The predicted octanol–water partition coefficient (Wildman–Crippen LogP) is 1.59. The third-order valence-corrected chi connectivity index (χ3v) is 1.85. The molecule has 0 heterocycles. The van der Waals surface area contributed by atoms with E-state index < -0.39 is 29.3 Å². The van der Waals surface area contributed by atoms with Crippen LogP contribution < -0.4 is 0 Å². The Morgan fingerprint density at radius 3 is 2.53 bits per heavy atom. The smallest absolute Gasteiger partial charge is 0.338 e. The van der Waals surface area contributed by atoms with Gasteiger partial charge in [0.2, 0.25) is 0 Å². The first-order chi connectivity index (χ1) is 6.91. The number of benzene rings is 1. The molecule has 0 saturated carbocycles. The average molecular weight is 216 g/mol. The Bertz CT molecular complexity index is 388. The first-order valence-electron chi connectivity index (χ1n) is 4.31. The second kappa shape index (κ2) is 4.35. The van der Waals surface area contributed by atoms with E-state index in [0.29, 0.717) is 0 Å². The number of carboxylic acids is 1. The van der Waals surface area contributed by atoms with Gasteiger partial charge in [-0.1, -0.05) is 0 Å². The van der Waals surface area contributed by atoms with E-state index in [-0.39, 0.29) is 12.0 Å². The van der Waals surface area contributed by atoms with Gasteiger partial charge in [0.05, 0.1) is 11.7 Å². The molecule has 0 saturated heterocycles. The van der Waals surface area contributed by atoms with Crippen molar-refractivity contribution in [1.29, 1.82) is 0 Å². The fraction of sp³-hybridized carbons (Fsp3) is 0.300. The van der Waals surface area contributed by atoms with E-state index in [0.717, 1.165) is 12.1 Å². The lowest BCUT2D eigenvalue weighted by atomic mass is 10.0. The highest BCUT2D eigenvalue weighted by Gasteiger charge is 2.16. The highest BCUT2D eigenvalue weighted by atomic mass is 19.2. The van der Waals surface area contributed by atoms with E-state index in [1.54, 1.807) is 0 Å². The minimum Gasteiger partial charge on any atom is -0.478 e. The van der Waals surface area contributed by atoms with Crippen LogP contribution in [0.1, 0.15) is 22.8 Å². The van der Waals surface area contributed by atoms with Gasteiger partial charge in [-0.3, -0.25) is 0 Å². The zero-order valence-corrected chi connectivity index (χ0v) is 8.00. The van der Waals surface area contributed by atoms with Crippen LogP contribution >= 0.6 is 0 Å². The van der Waals surface area contributed by atoms with Crippen molar-refractivity contribution >= 4 is 5.97 Å². The Labute approximate surface area is 85.0 Å². The molecule has 15 heavy (non-hydrogen) atoms. The molecule has 5 heteroatoms. The molecular formula is C10H10F2O3. The van der Waals surface area contributed by atoms with E-state index >= 15 is 0 Å². The Hall–Kier alpha value is -1.49. The molecule has 0 aromatic heterocycles. The standard InChI is InChI=1S/C10H10F2O3/c1-5(13)2-6-3-7(10(14)15)9(12)8(11)4-6/h3-5,13H,2H2,1H3,(H,14,15). The van der Waals surface area contributed by atoms with Crippen LogP contribution in [0.15, 0.2) is 12.1 Å². The summed E-state index contributed by atoms with van der Waals surface area (Å²) in [4.78, 5) is 10.5. The number of carbonyl (C=O) groups is 1. The fourth-order valence-corrected chi connectivity index (χ4v) is 1.26. The lowest BCUT2D eigenvalue weighted by molar-refractivity contribution is 0.0690. The van der Waals surface area contributed by atoms with Gasteiger partial charge >= 0.3 is 5.97 Å². The van der Waals surface area contributed by atoms with Crippen molar-refractivity contribution < 1.29 is 23.8 Å². The highest BCUT2D eigenvalue weighted by Crippen LogP contribution is 2.16. The Morgan fingerprint density at radius 1 is 1.47 bits per heavy atom. The van der Waals surface area contributed by atoms with Crippen molar-refractivity contribution in [3.63, 3.8) is 0 Å². The molecule has 82 valence electrons. The summed E-state index contributed by atoms with van der Waals surface area (Å²) in [6, 6.07) is 1.90. The molecule has 2 N–H and O–H groups in total. The van der Waals surface area contributed by atoms with Gasteiger partial charge in [-0.15, -0.1) is 0 Å². The molecule has 0 spiro atoms. The normalized spacial score (nSPS) is 12.5. The van der Waals surface area contributed by atoms with E-state index in [4.69, 9.17) is 10.2 Å². The molecule has 1 rings (SSSR count). The number of carboxylic acid groups (broad SMARTS) is 1. The molecule has 1 atom stereocenters. The van der Waals surface area contributed by atoms with E-state index in [9.17, 15) is 13.6 Å². The van der Waals surface area contributed by atoms with Crippen molar-refractivity contribution in [2.45, 2.75) is 19.4 Å². The molecule has 0 bridgehead atoms. The van der Waals surface area contributed by atoms with Crippen LogP contribution in [0.5, 0.6) is 0 Å². The van der Waals surface area contributed by atoms with E-state index in [1.165, 1.54) is 6.92 Å². The SMILES string of the molecule is CC(O)Cc1cc(F)c(F)c(C(=O)O)c1. The van der Waals surface area contributed by atoms with Crippen LogP contribution in [-0.4, -0.2) is 22.3 Å². The fourth-order valence-electron chi connectivity index (χ4n) is 1.26. The molecule has 0 aliphatic carbocycles. The summed E-state index contributed by atoms with van der Waals surface area (Å²) in [6.45, 7) is 1.47. The van der Waals surface area contributed by atoms with Gasteiger partial charge in [0.25, 0.3) is 0 Å². The molecule has 0 aliphatic rings. The van der Waals surface area contributed by atoms with Crippen LogP contribution in [0.25, 0.3) is 0 Å². The van der Waals surface area contributed by atoms with Gasteiger partial charge in [0.15, 0.2) is 11.6 Å². The van der Waals surface area contributed by atoms with Crippen molar-refractivity contribution in [1.82, 2.24) is 0 Å². The Morgan fingerprint density at radius 2 is 2.07 bits per heavy atom. The van der Waals surface area contributed by atoms with Crippen molar-refractivity contribution in [3.8, 4) is 0 Å². The molecule has 0 amide bonds. The summed E-state index contributed by atoms with van der Waals surface area (Å²) < 4.78 is 25.9. The number of aliphatic hydroxyl groups excluding tert-OH is 1. The first-order valence-corrected chi connectivity index (χ1v) is 4.31. The monoisotopic (exact) mass is 216 g/mol. The van der Waals surface area contributed by atoms with Crippen LogP contribution in [0.4, 0.5) is 8.78 Å². The average Bonchev–Trinajstić information content (AvgIpc) is 2.09. The Kier molecular flexibility index (Phi) is 3.36. The van der Waals surface area contributed by atoms with Crippen LogP contribution in [0.2, 0.25) is 0 Å².